The third-order valence-corrected chi connectivity index (χ3v) is 5.27. The fraction of sp³-hybridized carbons (Fsp3) is 0.429. The minimum atomic E-state index is -0.397. The molecule has 28 heavy (non-hydrogen) atoms. The van der Waals surface area contributed by atoms with Gasteiger partial charge in [0.05, 0.1) is 11.6 Å². The molecule has 7 heteroatoms. The number of aliphatic hydroxyl groups is 1. The summed E-state index contributed by atoms with van der Waals surface area (Å²) in [6.45, 7) is 4.20. The first kappa shape index (κ1) is 22.9. The van der Waals surface area contributed by atoms with E-state index in [2.05, 4.69) is 21.2 Å². The van der Waals surface area contributed by atoms with Crippen molar-refractivity contribution in [2.75, 3.05) is 19.8 Å². The van der Waals surface area contributed by atoms with Crippen LogP contribution in [0.1, 0.15) is 37.3 Å². The zero-order valence-electron chi connectivity index (χ0n) is 15.9. The number of nitrogens with one attached hydrogen (secondary N) is 1. The quantitative estimate of drug-likeness (QED) is 0.400. The van der Waals surface area contributed by atoms with Gasteiger partial charge in [-0.2, -0.15) is 0 Å². The first-order valence-corrected chi connectivity index (χ1v) is 10.6. The molecule has 154 valence electrons. The van der Waals surface area contributed by atoms with E-state index in [9.17, 15) is 4.39 Å². The Kier molecular flexibility index (Phi) is 10.1. The first-order valence-electron chi connectivity index (χ1n) is 9.39. The lowest BCUT2D eigenvalue weighted by Crippen LogP contribution is -2.15. The Hall–Kier alpha value is -1.34. The molecule has 0 unspecified atom stereocenters. The average Bonchev–Trinajstić information content (AvgIpc) is 2.67. The number of rotatable bonds is 12. The standard InChI is InChI=1S/C21H26BrClFNO3/c1-2-27-20-11-15(13-25-9-4-3-5-10-26)17(22)12-21(20)28-14-16-18(23)7-6-8-19(16)24/h6-8,11-12,25-26H,2-5,9-10,13-14H2,1H3. The lowest BCUT2D eigenvalue weighted by atomic mass is 10.2. The number of hydrogen-bond donors (Lipinski definition) is 2. The van der Waals surface area contributed by atoms with E-state index >= 15 is 0 Å². The van der Waals surface area contributed by atoms with Gasteiger partial charge in [-0.3, -0.25) is 0 Å². The molecule has 2 aromatic carbocycles. The largest absolute Gasteiger partial charge is 0.490 e. The predicted octanol–water partition coefficient (Wildman–Crippen LogP) is 5.47. The molecular formula is C21H26BrClFNO3. The van der Waals surface area contributed by atoms with Crippen LogP contribution < -0.4 is 14.8 Å². The Bertz CT molecular complexity index is 740. The van der Waals surface area contributed by atoms with Crippen LogP contribution in [0.4, 0.5) is 4.39 Å². The van der Waals surface area contributed by atoms with Crippen molar-refractivity contribution in [1.29, 1.82) is 0 Å². The lowest BCUT2D eigenvalue weighted by Gasteiger charge is -2.16. The van der Waals surface area contributed by atoms with Crippen molar-refractivity contribution >= 4 is 27.5 Å². The van der Waals surface area contributed by atoms with Crippen molar-refractivity contribution < 1.29 is 19.0 Å². The molecule has 0 saturated heterocycles. The van der Waals surface area contributed by atoms with E-state index in [4.69, 9.17) is 26.2 Å². The van der Waals surface area contributed by atoms with Crippen LogP contribution in [0.3, 0.4) is 0 Å². The molecule has 0 fully saturated rings. The monoisotopic (exact) mass is 473 g/mol. The number of aliphatic hydroxyl groups excluding tert-OH is 1. The summed E-state index contributed by atoms with van der Waals surface area (Å²) in [7, 11) is 0. The highest BCUT2D eigenvalue weighted by atomic mass is 79.9. The van der Waals surface area contributed by atoms with Gasteiger partial charge >= 0.3 is 0 Å². The average molecular weight is 475 g/mol. The number of ether oxygens (including phenoxy) is 2. The molecule has 0 saturated carbocycles. The Morgan fingerprint density at radius 1 is 1.14 bits per heavy atom. The second-order valence-electron chi connectivity index (χ2n) is 6.27. The molecule has 4 nitrogen and oxygen atoms in total. The maximum absolute atomic E-state index is 14.0. The summed E-state index contributed by atoms with van der Waals surface area (Å²) in [5.41, 5.74) is 1.36. The molecule has 0 radical (unpaired) electrons. The highest BCUT2D eigenvalue weighted by molar-refractivity contribution is 9.10. The highest BCUT2D eigenvalue weighted by Gasteiger charge is 2.13. The molecule has 2 N–H and O–H groups in total. The molecule has 0 aliphatic heterocycles. The zero-order chi connectivity index (χ0) is 20.4. The van der Waals surface area contributed by atoms with E-state index in [1.165, 1.54) is 6.07 Å². The van der Waals surface area contributed by atoms with Gasteiger partial charge in [0.1, 0.15) is 12.4 Å². The first-order chi connectivity index (χ1) is 13.6. The van der Waals surface area contributed by atoms with Gasteiger partial charge in [0.15, 0.2) is 11.5 Å². The number of benzene rings is 2. The van der Waals surface area contributed by atoms with Gasteiger partial charge in [-0.15, -0.1) is 0 Å². The van der Waals surface area contributed by atoms with Crippen LogP contribution >= 0.6 is 27.5 Å². The Balaban J connectivity index is 2.05. The molecule has 0 aromatic heterocycles. The molecule has 0 heterocycles. The van der Waals surface area contributed by atoms with Gasteiger partial charge in [-0.25, -0.2) is 4.39 Å². The van der Waals surface area contributed by atoms with E-state index in [0.717, 1.165) is 35.8 Å². The highest BCUT2D eigenvalue weighted by Crippen LogP contribution is 2.35. The number of hydrogen-bond acceptors (Lipinski definition) is 4. The van der Waals surface area contributed by atoms with Gasteiger partial charge < -0.3 is 19.9 Å². The maximum atomic E-state index is 14.0. The summed E-state index contributed by atoms with van der Waals surface area (Å²) in [5, 5.41) is 12.5. The van der Waals surface area contributed by atoms with E-state index in [1.54, 1.807) is 12.1 Å². The minimum absolute atomic E-state index is 0.0144. The van der Waals surface area contributed by atoms with Crippen molar-refractivity contribution in [3.8, 4) is 11.5 Å². The summed E-state index contributed by atoms with van der Waals surface area (Å²) in [6, 6.07) is 8.32. The van der Waals surface area contributed by atoms with Crippen LogP contribution in [-0.4, -0.2) is 24.9 Å². The van der Waals surface area contributed by atoms with Crippen LogP contribution in [0.5, 0.6) is 11.5 Å². The van der Waals surface area contributed by atoms with Gasteiger partial charge in [-0.05, 0) is 62.6 Å². The fourth-order valence-electron chi connectivity index (χ4n) is 2.68. The van der Waals surface area contributed by atoms with Crippen LogP contribution in [0.15, 0.2) is 34.8 Å². The van der Waals surface area contributed by atoms with Crippen molar-refractivity contribution in [2.24, 2.45) is 0 Å². The number of halogens is 3. The second kappa shape index (κ2) is 12.3. The van der Waals surface area contributed by atoms with Crippen LogP contribution in [0.25, 0.3) is 0 Å². The normalized spacial score (nSPS) is 10.9. The van der Waals surface area contributed by atoms with Crippen LogP contribution in [0.2, 0.25) is 5.02 Å². The van der Waals surface area contributed by atoms with Crippen molar-refractivity contribution in [3.05, 3.63) is 56.8 Å². The molecule has 0 aliphatic rings. The van der Waals surface area contributed by atoms with Gasteiger partial charge in [0.2, 0.25) is 0 Å². The van der Waals surface area contributed by atoms with Gasteiger partial charge in [0.25, 0.3) is 0 Å². The van der Waals surface area contributed by atoms with E-state index < -0.39 is 5.82 Å². The SMILES string of the molecule is CCOc1cc(CNCCCCCO)c(Br)cc1OCc1c(F)cccc1Cl. The minimum Gasteiger partial charge on any atom is -0.490 e. The Labute approximate surface area is 179 Å². The molecule has 0 atom stereocenters. The summed E-state index contributed by atoms with van der Waals surface area (Å²) in [5.74, 6) is 0.738. The molecule has 0 bridgehead atoms. The van der Waals surface area contributed by atoms with E-state index in [0.29, 0.717) is 35.2 Å². The van der Waals surface area contributed by atoms with Crippen LogP contribution in [-0.2, 0) is 13.2 Å². The van der Waals surface area contributed by atoms with Gasteiger partial charge in [-0.1, -0.05) is 33.6 Å². The van der Waals surface area contributed by atoms with Crippen LogP contribution in [0, 0.1) is 5.82 Å². The summed E-state index contributed by atoms with van der Waals surface area (Å²) >= 11 is 9.65. The molecule has 0 aliphatic carbocycles. The topological polar surface area (TPSA) is 50.7 Å². The van der Waals surface area contributed by atoms with E-state index in [-0.39, 0.29) is 13.2 Å². The zero-order valence-corrected chi connectivity index (χ0v) is 18.3. The maximum Gasteiger partial charge on any atom is 0.162 e. The molecule has 0 amide bonds. The van der Waals surface area contributed by atoms with E-state index in [1.807, 2.05) is 19.1 Å². The molecular weight excluding hydrogens is 449 g/mol. The van der Waals surface area contributed by atoms with Crippen molar-refractivity contribution in [1.82, 2.24) is 5.32 Å². The number of unbranched alkanes of at least 4 members (excludes halogenated alkanes) is 2. The fourth-order valence-corrected chi connectivity index (χ4v) is 3.36. The summed E-state index contributed by atoms with van der Waals surface area (Å²) < 4.78 is 26.4. The third-order valence-electron chi connectivity index (χ3n) is 4.17. The lowest BCUT2D eigenvalue weighted by molar-refractivity contribution is 0.265. The predicted molar refractivity (Wildman–Crippen MR) is 114 cm³/mol. The summed E-state index contributed by atoms with van der Waals surface area (Å²) in [6.07, 6.45) is 2.85. The third kappa shape index (κ3) is 6.92. The molecule has 2 rings (SSSR count). The summed E-state index contributed by atoms with van der Waals surface area (Å²) in [4.78, 5) is 0. The van der Waals surface area contributed by atoms with Crippen molar-refractivity contribution in [3.63, 3.8) is 0 Å². The molecule has 0 spiro atoms. The second-order valence-corrected chi connectivity index (χ2v) is 7.53. The van der Waals surface area contributed by atoms with Crippen molar-refractivity contribution in [2.45, 2.75) is 39.3 Å². The Morgan fingerprint density at radius 3 is 2.64 bits per heavy atom. The smallest absolute Gasteiger partial charge is 0.162 e. The molecule has 2 aromatic rings. The Morgan fingerprint density at radius 2 is 1.93 bits per heavy atom. The van der Waals surface area contributed by atoms with Gasteiger partial charge in [0, 0.05) is 23.2 Å².